The molecule has 2 N–H and O–H groups in total. The summed E-state index contributed by atoms with van der Waals surface area (Å²) in [5.74, 6) is -3.32. The highest BCUT2D eigenvalue weighted by Crippen LogP contribution is 2.21. The molecule has 0 fully saturated rings. The van der Waals surface area contributed by atoms with Gasteiger partial charge in [0.2, 0.25) is 0 Å². The zero-order valence-corrected chi connectivity index (χ0v) is 9.60. The first-order valence-corrected chi connectivity index (χ1v) is 5.29. The van der Waals surface area contributed by atoms with Crippen molar-refractivity contribution >= 4 is 11.7 Å². The van der Waals surface area contributed by atoms with Crippen molar-refractivity contribution < 1.29 is 18.7 Å². The minimum absolute atomic E-state index is 0.1000. The van der Waals surface area contributed by atoms with Crippen LogP contribution in [0.5, 0.6) is 0 Å². The quantitative estimate of drug-likeness (QED) is 0.885. The van der Waals surface area contributed by atoms with Gasteiger partial charge in [0.1, 0.15) is 23.6 Å². The highest BCUT2D eigenvalue weighted by molar-refractivity contribution is 5.88. The Morgan fingerprint density at radius 2 is 2.00 bits per heavy atom. The number of nitrogens with zero attached hydrogens (tertiary/aromatic N) is 2. The number of aromatic carboxylic acids is 1. The van der Waals surface area contributed by atoms with Crippen LogP contribution in [0.15, 0.2) is 30.7 Å². The molecule has 1 aromatic heterocycles. The second-order valence-corrected chi connectivity index (χ2v) is 3.67. The van der Waals surface area contributed by atoms with E-state index in [1.807, 2.05) is 0 Å². The van der Waals surface area contributed by atoms with Gasteiger partial charge in [-0.2, -0.15) is 0 Å². The minimum Gasteiger partial charge on any atom is -0.478 e. The van der Waals surface area contributed by atoms with E-state index in [2.05, 4.69) is 15.3 Å². The number of anilines is 1. The molecule has 0 unspecified atom stereocenters. The maximum Gasteiger partial charge on any atom is 0.335 e. The molecule has 0 spiro atoms. The molecule has 0 aliphatic heterocycles. The molecule has 0 amide bonds. The van der Waals surface area contributed by atoms with Crippen molar-refractivity contribution in [2.24, 2.45) is 0 Å². The number of aromatic nitrogens is 2. The Bertz CT molecular complexity index is 582. The first-order chi connectivity index (χ1) is 9.08. The molecule has 0 bridgehead atoms. The first-order valence-electron chi connectivity index (χ1n) is 5.29. The van der Waals surface area contributed by atoms with Crippen molar-refractivity contribution in [2.75, 3.05) is 5.32 Å². The third-order valence-corrected chi connectivity index (χ3v) is 2.38. The van der Waals surface area contributed by atoms with Crippen LogP contribution < -0.4 is 5.32 Å². The maximum atomic E-state index is 13.6. The van der Waals surface area contributed by atoms with Gasteiger partial charge in [0, 0.05) is 6.20 Å². The van der Waals surface area contributed by atoms with E-state index in [0.717, 1.165) is 12.1 Å². The van der Waals surface area contributed by atoms with Crippen LogP contribution >= 0.6 is 0 Å². The van der Waals surface area contributed by atoms with Gasteiger partial charge < -0.3 is 10.4 Å². The lowest BCUT2D eigenvalue weighted by Crippen LogP contribution is -2.07. The highest BCUT2D eigenvalue weighted by atomic mass is 19.1. The van der Waals surface area contributed by atoms with Gasteiger partial charge >= 0.3 is 5.97 Å². The highest BCUT2D eigenvalue weighted by Gasteiger charge is 2.14. The van der Waals surface area contributed by atoms with Crippen LogP contribution in [0.1, 0.15) is 16.1 Å². The fourth-order valence-corrected chi connectivity index (χ4v) is 1.47. The van der Waals surface area contributed by atoms with Crippen molar-refractivity contribution in [2.45, 2.75) is 6.54 Å². The number of hydrogen-bond donors (Lipinski definition) is 2. The van der Waals surface area contributed by atoms with Crippen molar-refractivity contribution in [1.82, 2.24) is 9.97 Å². The lowest BCUT2D eigenvalue weighted by atomic mass is 10.2. The summed E-state index contributed by atoms with van der Waals surface area (Å²) >= 11 is 0. The third-order valence-electron chi connectivity index (χ3n) is 2.38. The SMILES string of the molecule is O=C(O)c1cc(F)c(NCc2ccncn2)c(F)c1. The molecule has 1 aromatic carbocycles. The van der Waals surface area contributed by atoms with E-state index in [-0.39, 0.29) is 12.2 Å². The molecule has 5 nitrogen and oxygen atoms in total. The van der Waals surface area contributed by atoms with Crippen LogP contribution in [0.2, 0.25) is 0 Å². The Morgan fingerprint density at radius 1 is 1.32 bits per heavy atom. The molecule has 0 atom stereocenters. The monoisotopic (exact) mass is 265 g/mol. The van der Waals surface area contributed by atoms with Crippen molar-refractivity contribution in [3.63, 3.8) is 0 Å². The fourth-order valence-electron chi connectivity index (χ4n) is 1.47. The summed E-state index contributed by atoms with van der Waals surface area (Å²) in [6.45, 7) is 0.1000. The molecule has 98 valence electrons. The Morgan fingerprint density at radius 3 is 2.53 bits per heavy atom. The average molecular weight is 265 g/mol. The summed E-state index contributed by atoms with van der Waals surface area (Å²) in [5.41, 5.74) is -0.276. The van der Waals surface area contributed by atoms with Gasteiger partial charge in [0.15, 0.2) is 0 Å². The molecule has 2 rings (SSSR count). The maximum absolute atomic E-state index is 13.6. The topological polar surface area (TPSA) is 75.1 Å². The van der Waals surface area contributed by atoms with E-state index < -0.39 is 23.2 Å². The third kappa shape index (κ3) is 3.01. The lowest BCUT2D eigenvalue weighted by molar-refractivity contribution is 0.0696. The van der Waals surface area contributed by atoms with Crippen LogP contribution in [0.4, 0.5) is 14.5 Å². The molecular formula is C12H9F2N3O2. The number of halogens is 2. The van der Waals surface area contributed by atoms with Crippen LogP contribution in [0.25, 0.3) is 0 Å². The number of carbonyl (C=O) groups is 1. The average Bonchev–Trinajstić information content (AvgIpc) is 2.38. The summed E-state index contributed by atoms with van der Waals surface area (Å²) in [4.78, 5) is 18.2. The smallest absolute Gasteiger partial charge is 0.335 e. The molecule has 0 aliphatic rings. The van der Waals surface area contributed by atoms with Gasteiger partial charge in [-0.05, 0) is 18.2 Å². The molecule has 0 radical (unpaired) electrons. The van der Waals surface area contributed by atoms with E-state index in [1.165, 1.54) is 12.5 Å². The minimum atomic E-state index is -1.39. The molecule has 0 aliphatic carbocycles. The van der Waals surface area contributed by atoms with Gasteiger partial charge in [-0.1, -0.05) is 0 Å². The molecule has 19 heavy (non-hydrogen) atoms. The number of nitrogens with one attached hydrogen (secondary N) is 1. The summed E-state index contributed by atoms with van der Waals surface area (Å²) < 4.78 is 27.2. The van der Waals surface area contributed by atoms with Gasteiger partial charge in [0.05, 0.1) is 17.8 Å². The van der Waals surface area contributed by atoms with Crippen molar-refractivity contribution in [3.05, 3.63) is 53.6 Å². The van der Waals surface area contributed by atoms with E-state index in [9.17, 15) is 13.6 Å². The lowest BCUT2D eigenvalue weighted by Gasteiger charge is -2.09. The van der Waals surface area contributed by atoms with Gasteiger partial charge in [-0.3, -0.25) is 0 Å². The Labute approximate surface area is 106 Å². The normalized spacial score (nSPS) is 10.2. The fraction of sp³-hybridized carbons (Fsp3) is 0.0833. The Balaban J connectivity index is 2.19. The number of carboxylic acids is 1. The summed E-state index contributed by atoms with van der Waals surface area (Å²) in [5, 5.41) is 11.2. The standard InChI is InChI=1S/C12H9F2N3O2/c13-9-3-7(12(18)19)4-10(14)11(9)16-5-8-1-2-15-6-17-8/h1-4,6,16H,5H2,(H,18,19). The van der Waals surface area contributed by atoms with Gasteiger partial charge in [-0.15, -0.1) is 0 Å². The molecular weight excluding hydrogens is 256 g/mol. The molecule has 0 saturated heterocycles. The zero-order valence-electron chi connectivity index (χ0n) is 9.60. The van der Waals surface area contributed by atoms with Crippen LogP contribution in [0, 0.1) is 11.6 Å². The predicted octanol–water partition coefficient (Wildman–Crippen LogP) is 2.07. The van der Waals surface area contributed by atoms with E-state index in [4.69, 9.17) is 5.11 Å². The van der Waals surface area contributed by atoms with Crippen molar-refractivity contribution in [1.29, 1.82) is 0 Å². The summed E-state index contributed by atoms with van der Waals surface area (Å²) in [6.07, 6.45) is 2.82. The van der Waals surface area contributed by atoms with Crippen molar-refractivity contribution in [3.8, 4) is 0 Å². The second-order valence-electron chi connectivity index (χ2n) is 3.67. The summed E-state index contributed by atoms with van der Waals surface area (Å²) in [7, 11) is 0. The van der Waals surface area contributed by atoms with Crippen LogP contribution in [-0.2, 0) is 6.54 Å². The number of rotatable bonds is 4. The predicted molar refractivity (Wildman–Crippen MR) is 62.7 cm³/mol. The van der Waals surface area contributed by atoms with Gasteiger partial charge in [0.25, 0.3) is 0 Å². The molecule has 1 heterocycles. The molecule has 2 aromatic rings. The Kier molecular flexibility index (Phi) is 3.65. The summed E-state index contributed by atoms with van der Waals surface area (Å²) in [6, 6.07) is 3.11. The Hall–Kier alpha value is -2.57. The second kappa shape index (κ2) is 5.38. The van der Waals surface area contributed by atoms with E-state index >= 15 is 0 Å². The van der Waals surface area contributed by atoms with Crippen LogP contribution in [-0.4, -0.2) is 21.0 Å². The van der Waals surface area contributed by atoms with E-state index in [0.29, 0.717) is 5.69 Å². The van der Waals surface area contributed by atoms with E-state index in [1.54, 1.807) is 6.07 Å². The molecule has 7 heteroatoms. The zero-order chi connectivity index (χ0) is 13.8. The van der Waals surface area contributed by atoms with Crippen LogP contribution in [0.3, 0.4) is 0 Å². The number of carboxylic acid groups (broad SMARTS) is 1. The van der Waals surface area contributed by atoms with Gasteiger partial charge in [-0.25, -0.2) is 23.5 Å². The number of hydrogen-bond acceptors (Lipinski definition) is 4. The number of benzene rings is 1. The largest absolute Gasteiger partial charge is 0.478 e. The first kappa shape index (κ1) is 12.9. The molecule has 0 saturated carbocycles.